The smallest absolute Gasteiger partial charge is 0.293 e. The molecule has 36 heavy (non-hydrogen) atoms. The van der Waals surface area contributed by atoms with Crippen molar-refractivity contribution in [1.29, 1.82) is 5.41 Å². The molecule has 2 aromatic rings. The van der Waals surface area contributed by atoms with Crippen molar-refractivity contribution in [2.24, 2.45) is 0 Å². The van der Waals surface area contributed by atoms with Crippen LogP contribution < -0.4 is 16.0 Å². The van der Waals surface area contributed by atoms with E-state index in [0.717, 1.165) is 19.3 Å². The van der Waals surface area contributed by atoms with E-state index in [-0.39, 0.29) is 43.1 Å². The summed E-state index contributed by atoms with van der Waals surface area (Å²) in [6, 6.07) is 4.47. The Labute approximate surface area is 208 Å². The van der Waals surface area contributed by atoms with Crippen LogP contribution in [0.15, 0.2) is 24.4 Å². The number of nitrogens with zero attached hydrogens (tertiary/aromatic N) is 3. The van der Waals surface area contributed by atoms with Crippen LogP contribution in [-0.2, 0) is 16.1 Å². The van der Waals surface area contributed by atoms with Gasteiger partial charge in [0.15, 0.2) is 0 Å². The van der Waals surface area contributed by atoms with E-state index in [9.17, 15) is 19.2 Å². The SMILES string of the molecule is CNC(=O)CCC(C=O)N1Cc2cc(NC(=O)c3ncc(C(C)=N)c(NC4CCC4)n3)ccc2C1=O. The molecule has 2 heterocycles. The normalized spacial score (nSPS) is 15.5. The number of hydrogen-bond acceptors (Lipinski definition) is 8. The predicted molar refractivity (Wildman–Crippen MR) is 133 cm³/mol. The van der Waals surface area contributed by atoms with Crippen LogP contribution in [0.1, 0.15) is 71.1 Å². The van der Waals surface area contributed by atoms with E-state index < -0.39 is 11.9 Å². The van der Waals surface area contributed by atoms with Gasteiger partial charge in [0.25, 0.3) is 11.8 Å². The van der Waals surface area contributed by atoms with E-state index >= 15 is 0 Å². The number of aldehydes is 1. The zero-order valence-electron chi connectivity index (χ0n) is 20.3. The van der Waals surface area contributed by atoms with Crippen molar-refractivity contribution in [3.63, 3.8) is 0 Å². The molecule has 1 saturated carbocycles. The van der Waals surface area contributed by atoms with Crippen molar-refractivity contribution in [1.82, 2.24) is 20.2 Å². The van der Waals surface area contributed by atoms with E-state index in [4.69, 9.17) is 5.41 Å². The third kappa shape index (κ3) is 5.24. The van der Waals surface area contributed by atoms with Crippen molar-refractivity contribution >= 4 is 41.2 Å². The maximum Gasteiger partial charge on any atom is 0.293 e. The summed E-state index contributed by atoms with van der Waals surface area (Å²) in [4.78, 5) is 58.9. The Bertz CT molecular complexity index is 1220. The van der Waals surface area contributed by atoms with Gasteiger partial charge in [0.1, 0.15) is 12.1 Å². The molecule has 188 valence electrons. The molecule has 1 atom stereocenters. The van der Waals surface area contributed by atoms with E-state index in [1.165, 1.54) is 18.1 Å². The van der Waals surface area contributed by atoms with Crippen LogP contribution >= 0.6 is 0 Å². The zero-order chi connectivity index (χ0) is 25.8. The van der Waals surface area contributed by atoms with Crippen molar-refractivity contribution in [2.45, 2.75) is 57.7 Å². The number of nitrogens with one attached hydrogen (secondary N) is 4. The quantitative estimate of drug-likeness (QED) is 0.293. The summed E-state index contributed by atoms with van der Waals surface area (Å²) >= 11 is 0. The van der Waals surface area contributed by atoms with E-state index in [1.807, 2.05) is 0 Å². The highest BCUT2D eigenvalue weighted by molar-refractivity contribution is 6.05. The number of hydrogen-bond donors (Lipinski definition) is 4. The van der Waals surface area contributed by atoms with Crippen LogP contribution in [0.5, 0.6) is 0 Å². The largest absolute Gasteiger partial charge is 0.367 e. The maximum absolute atomic E-state index is 12.9. The number of benzene rings is 1. The molecule has 4 N–H and O–H groups in total. The van der Waals surface area contributed by atoms with Gasteiger partial charge in [0.2, 0.25) is 11.7 Å². The summed E-state index contributed by atoms with van der Waals surface area (Å²) in [5.74, 6) is -0.564. The van der Waals surface area contributed by atoms with Crippen molar-refractivity contribution in [3.05, 3.63) is 46.9 Å². The lowest BCUT2D eigenvalue weighted by molar-refractivity contribution is -0.121. The van der Waals surface area contributed by atoms with Crippen LogP contribution in [0.25, 0.3) is 0 Å². The molecule has 1 aromatic carbocycles. The zero-order valence-corrected chi connectivity index (χ0v) is 20.3. The van der Waals surface area contributed by atoms with Crippen LogP contribution in [-0.4, -0.2) is 63.7 Å². The molecule has 0 bridgehead atoms. The summed E-state index contributed by atoms with van der Waals surface area (Å²) in [6.45, 7) is 1.85. The average Bonchev–Trinajstić information content (AvgIpc) is 3.16. The minimum absolute atomic E-state index is 0.0322. The third-order valence-corrected chi connectivity index (χ3v) is 6.54. The molecule has 1 aliphatic carbocycles. The summed E-state index contributed by atoms with van der Waals surface area (Å²) in [7, 11) is 1.52. The second-order valence-electron chi connectivity index (χ2n) is 9.03. The first-order valence-corrected chi connectivity index (χ1v) is 11.9. The van der Waals surface area contributed by atoms with Gasteiger partial charge in [0, 0.05) is 49.2 Å². The molecule has 0 radical (unpaired) electrons. The van der Waals surface area contributed by atoms with Crippen molar-refractivity contribution < 1.29 is 19.2 Å². The third-order valence-electron chi connectivity index (χ3n) is 6.54. The molecule has 1 aliphatic heterocycles. The lowest BCUT2D eigenvalue weighted by Crippen LogP contribution is -2.37. The highest BCUT2D eigenvalue weighted by atomic mass is 16.2. The van der Waals surface area contributed by atoms with Gasteiger partial charge in [-0.05, 0) is 56.4 Å². The van der Waals surface area contributed by atoms with Crippen LogP contribution in [0.4, 0.5) is 11.5 Å². The lowest BCUT2D eigenvalue weighted by atomic mass is 9.93. The molecule has 0 spiro atoms. The van der Waals surface area contributed by atoms with Gasteiger partial charge in [0.05, 0.1) is 11.6 Å². The Morgan fingerprint density at radius 1 is 1.31 bits per heavy atom. The molecule has 11 heteroatoms. The molecule has 4 rings (SSSR count). The second-order valence-corrected chi connectivity index (χ2v) is 9.03. The summed E-state index contributed by atoms with van der Waals surface area (Å²) in [5.41, 5.74) is 2.45. The van der Waals surface area contributed by atoms with Gasteiger partial charge in [-0.3, -0.25) is 14.4 Å². The monoisotopic (exact) mass is 491 g/mol. The van der Waals surface area contributed by atoms with Crippen LogP contribution in [0.2, 0.25) is 0 Å². The number of rotatable bonds is 10. The molecule has 11 nitrogen and oxygen atoms in total. The fourth-order valence-electron chi connectivity index (χ4n) is 4.20. The molecular formula is C25H29N7O4. The van der Waals surface area contributed by atoms with Crippen LogP contribution in [0, 0.1) is 5.41 Å². The van der Waals surface area contributed by atoms with E-state index in [0.29, 0.717) is 40.2 Å². The summed E-state index contributed by atoms with van der Waals surface area (Å²) in [6.07, 6.45) is 5.69. The summed E-state index contributed by atoms with van der Waals surface area (Å²) in [5, 5.41) is 16.5. The molecule has 1 fully saturated rings. The van der Waals surface area contributed by atoms with Gasteiger partial charge in [-0.1, -0.05) is 0 Å². The Hall–Kier alpha value is -4.15. The Morgan fingerprint density at radius 3 is 2.72 bits per heavy atom. The fourth-order valence-corrected chi connectivity index (χ4v) is 4.20. The number of carbonyl (C=O) groups excluding carboxylic acids is 4. The standard InChI is InChI=1S/C25H29N7O4/c1-14(26)20-11-28-23(31-22(20)29-16-4-3-5-16)24(35)30-17-6-8-19-15(10-17)12-32(25(19)36)18(13-33)7-9-21(34)27-2/h6,8,10-11,13,16,18,26H,3-5,7,9,12H2,1-2H3,(H,27,34)(H,30,35)(H,28,29,31). The predicted octanol–water partition coefficient (Wildman–Crippen LogP) is 2.13. The van der Waals surface area contributed by atoms with Gasteiger partial charge in [-0.2, -0.15) is 0 Å². The summed E-state index contributed by atoms with van der Waals surface area (Å²) < 4.78 is 0. The first-order chi connectivity index (χ1) is 17.3. The average molecular weight is 492 g/mol. The number of anilines is 2. The van der Waals surface area contributed by atoms with E-state index in [2.05, 4.69) is 25.9 Å². The van der Waals surface area contributed by atoms with E-state index in [1.54, 1.807) is 25.1 Å². The Kier molecular flexibility index (Phi) is 7.37. The van der Waals surface area contributed by atoms with Crippen LogP contribution in [0.3, 0.4) is 0 Å². The van der Waals surface area contributed by atoms with Gasteiger partial charge in [-0.25, -0.2) is 9.97 Å². The van der Waals surface area contributed by atoms with Crippen molar-refractivity contribution in [2.75, 3.05) is 17.7 Å². The molecule has 2 aliphatic rings. The second kappa shape index (κ2) is 10.6. The number of amides is 3. The number of fused-ring (bicyclic) bond motifs is 1. The molecular weight excluding hydrogens is 462 g/mol. The highest BCUT2D eigenvalue weighted by Gasteiger charge is 2.33. The molecule has 1 unspecified atom stereocenters. The Balaban J connectivity index is 1.47. The number of carbonyl (C=O) groups is 4. The van der Waals surface area contributed by atoms with Gasteiger partial charge >= 0.3 is 0 Å². The van der Waals surface area contributed by atoms with Crippen molar-refractivity contribution in [3.8, 4) is 0 Å². The molecule has 1 aromatic heterocycles. The maximum atomic E-state index is 12.9. The molecule has 0 saturated heterocycles. The Morgan fingerprint density at radius 2 is 2.08 bits per heavy atom. The topological polar surface area (TPSA) is 157 Å². The number of aromatic nitrogens is 2. The minimum atomic E-state index is -0.717. The lowest BCUT2D eigenvalue weighted by Gasteiger charge is -2.27. The highest BCUT2D eigenvalue weighted by Crippen LogP contribution is 2.29. The first-order valence-electron chi connectivity index (χ1n) is 11.9. The minimum Gasteiger partial charge on any atom is -0.367 e. The van der Waals surface area contributed by atoms with Gasteiger partial charge in [-0.15, -0.1) is 0 Å². The fraction of sp³-hybridized carbons (Fsp3) is 0.400. The van der Waals surface area contributed by atoms with Gasteiger partial charge < -0.3 is 31.1 Å². The molecule has 3 amide bonds. The first kappa shape index (κ1) is 25.0.